The largest absolute Gasteiger partial charge is 0.480 e. The van der Waals surface area contributed by atoms with E-state index in [-0.39, 0.29) is 18.5 Å². The summed E-state index contributed by atoms with van der Waals surface area (Å²) in [5, 5.41) is 12.2. The average molecular weight is 292 g/mol. The number of likely N-dealkylation sites (tertiary alicyclic amines) is 1. The molecule has 1 aliphatic carbocycles. The van der Waals surface area contributed by atoms with Crippen molar-refractivity contribution in [3.05, 3.63) is 0 Å². The highest BCUT2D eigenvalue weighted by atomic mass is 16.4. The molecule has 4 unspecified atom stereocenters. The second-order valence-electron chi connectivity index (χ2n) is 6.09. The fourth-order valence-electron chi connectivity index (χ4n) is 3.90. The Morgan fingerprint density at radius 2 is 2.05 bits per heavy atom. The van der Waals surface area contributed by atoms with Gasteiger partial charge < -0.3 is 10.4 Å². The number of carboxylic acid groups (broad SMARTS) is 1. The molecule has 116 valence electrons. The van der Waals surface area contributed by atoms with Crippen molar-refractivity contribution in [2.24, 2.45) is 5.92 Å². The summed E-state index contributed by atoms with van der Waals surface area (Å²) in [6.07, 6.45) is 11.2. The van der Waals surface area contributed by atoms with E-state index in [4.69, 9.17) is 6.42 Å². The number of aliphatic carboxylic acids is 1. The molecular weight excluding hydrogens is 268 g/mol. The van der Waals surface area contributed by atoms with Crippen LogP contribution in [0.4, 0.5) is 0 Å². The fraction of sp³-hybridized carbons (Fsp3) is 0.750. The van der Waals surface area contributed by atoms with Gasteiger partial charge in [0.1, 0.15) is 6.04 Å². The molecule has 1 saturated heterocycles. The minimum Gasteiger partial charge on any atom is -0.480 e. The molecule has 0 radical (unpaired) electrons. The Balaban J connectivity index is 2.17. The molecule has 0 spiro atoms. The smallest absolute Gasteiger partial charge is 0.320 e. The highest BCUT2D eigenvalue weighted by Crippen LogP contribution is 2.39. The highest BCUT2D eigenvalue weighted by molar-refractivity contribution is 5.83. The Hall–Kier alpha value is -1.54. The molecule has 0 aromatic carbocycles. The Morgan fingerprint density at radius 3 is 2.71 bits per heavy atom. The molecule has 5 nitrogen and oxygen atoms in total. The summed E-state index contributed by atoms with van der Waals surface area (Å²) in [7, 11) is 0. The van der Waals surface area contributed by atoms with Crippen LogP contribution in [-0.4, -0.2) is 46.6 Å². The predicted molar refractivity (Wildman–Crippen MR) is 79.5 cm³/mol. The highest BCUT2D eigenvalue weighted by Gasteiger charge is 2.44. The van der Waals surface area contributed by atoms with Crippen molar-refractivity contribution in [2.45, 2.75) is 63.6 Å². The molecule has 2 N–H and O–H groups in total. The average Bonchev–Trinajstić information content (AvgIpc) is 2.50. The second-order valence-corrected chi connectivity index (χ2v) is 6.09. The van der Waals surface area contributed by atoms with Gasteiger partial charge in [0.25, 0.3) is 0 Å². The second kappa shape index (κ2) is 6.95. The lowest BCUT2D eigenvalue weighted by molar-refractivity contribution is -0.152. The molecule has 2 rings (SSSR count). The first-order chi connectivity index (χ1) is 10.1. The Kier molecular flexibility index (Phi) is 5.24. The number of hydrogen-bond donors (Lipinski definition) is 2. The van der Waals surface area contributed by atoms with Crippen LogP contribution in [0.15, 0.2) is 0 Å². The van der Waals surface area contributed by atoms with Crippen molar-refractivity contribution >= 4 is 11.9 Å². The molecule has 0 bridgehead atoms. The third-order valence-electron chi connectivity index (χ3n) is 4.90. The molecule has 4 atom stereocenters. The molecule has 2 aliphatic rings. The van der Waals surface area contributed by atoms with Gasteiger partial charge in [0.15, 0.2) is 0 Å². The molecule has 1 saturated carbocycles. The van der Waals surface area contributed by atoms with E-state index in [1.165, 1.54) is 6.42 Å². The van der Waals surface area contributed by atoms with Crippen LogP contribution >= 0.6 is 0 Å². The third kappa shape index (κ3) is 3.38. The maximum Gasteiger partial charge on any atom is 0.320 e. The first-order valence-corrected chi connectivity index (χ1v) is 7.77. The third-order valence-corrected chi connectivity index (χ3v) is 4.90. The SMILES string of the molecule is C#CCNC(=O)C(C)N1C(C(=O)O)CCC2CCCCC21. The van der Waals surface area contributed by atoms with E-state index in [2.05, 4.69) is 11.2 Å². The molecule has 1 amide bonds. The van der Waals surface area contributed by atoms with Gasteiger partial charge in [-0.25, -0.2) is 0 Å². The van der Waals surface area contributed by atoms with Gasteiger partial charge in [-0.05, 0) is 38.5 Å². The number of amides is 1. The van der Waals surface area contributed by atoms with Crippen LogP contribution < -0.4 is 5.32 Å². The summed E-state index contributed by atoms with van der Waals surface area (Å²) in [6, 6.07) is -0.804. The van der Waals surface area contributed by atoms with Crippen molar-refractivity contribution < 1.29 is 14.7 Å². The summed E-state index contributed by atoms with van der Waals surface area (Å²) in [4.78, 5) is 25.7. The maximum atomic E-state index is 12.2. The topological polar surface area (TPSA) is 69.6 Å². The molecule has 21 heavy (non-hydrogen) atoms. The van der Waals surface area contributed by atoms with Gasteiger partial charge in [-0.3, -0.25) is 14.5 Å². The van der Waals surface area contributed by atoms with Gasteiger partial charge in [-0.15, -0.1) is 6.42 Å². The standard InChI is InChI=1S/C16H24N2O3/c1-3-10-17-15(19)11(2)18-13-7-5-4-6-12(13)8-9-14(18)16(20)21/h1,11-14H,4-10H2,2H3,(H,17,19)(H,20,21). The van der Waals surface area contributed by atoms with Crippen LogP contribution in [0.2, 0.25) is 0 Å². The van der Waals surface area contributed by atoms with Crippen LogP contribution in [0.25, 0.3) is 0 Å². The van der Waals surface area contributed by atoms with Gasteiger partial charge in [-0.1, -0.05) is 18.8 Å². The van der Waals surface area contributed by atoms with Crippen molar-refractivity contribution in [3.8, 4) is 12.3 Å². The van der Waals surface area contributed by atoms with Gasteiger partial charge in [-0.2, -0.15) is 0 Å². The number of nitrogens with zero attached hydrogens (tertiary/aromatic N) is 1. The zero-order valence-electron chi connectivity index (χ0n) is 12.5. The van der Waals surface area contributed by atoms with Crippen molar-refractivity contribution in [1.82, 2.24) is 10.2 Å². The first-order valence-electron chi connectivity index (χ1n) is 7.77. The van der Waals surface area contributed by atoms with Crippen molar-refractivity contribution in [3.63, 3.8) is 0 Å². The normalized spacial score (nSPS) is 30.8. The molecule has 1 aliphatic heterocycles. The Labute approximate surface area is 126 Å². The van der Waals surface area contributed by atoms with Crippen LogP contribution in [0.5, 0.6) is 0 Å². The number of terminal acetylenes is 1. The molecule has 2 fully saturated rings. The Morgan fingerprint density at radius 1 is 1.33 bits per heavy atom. The lowest BCUT2D eigenvalue weighted by atomic mass is 9.75. The fourth-order valence-corrected chi connectivity index (χ4v) is 3.90. The summed E-state index contributed by atoms with van der Waals surface area (Å²) in [5.41, 5.74) is 0. The Bertz CT molecular complexity index is 443. The van der Waals surface area contributed by atoms with Crippen molar-refractivity contribution in [1.29, 1.82) is 0 Å². The number of nitrogens with one attached hydrogen (secondary N) is 1. The zero-order valence-corrected chi connectivity index (χ0v) is 12.5. The number of piperidine rings is 1. The quantitative estimate of drug-likeness (QED) is 0.765. The molecular formula is C16H24N2O3. The van der Waals surface area contributed by atoms with Crippen LogP contribution in [0.1, 0.15) is 45.4 Å². The van der Waals surface area contributed by atoms with E-state index in [1.807, 2.05) is 4.90 Å². The molecule has 0 aromatic heterocycles. The van der Waals surface area contributed by atoms with Crippen LogP contribution in [0.3, 0.4) is 0 Å². The monoisotopic (exact) mass is 292 g/mol. The molecule has 0 aromatic rings. The van der Waals surface area contributed by atoms with E-state index in [0.29, 0.717) is 12.3 Å². The summed E-state index contributed by atoms with van der Waals surface area (Å²) < 4.78 is 0. The van der Waals surface area contributed by atoms with Crippen LogP contribution in [0, 0.1) is 18.3 Å². The number of carboxylic acids is 1. The van der Waals surface area contributed by atoms with Gasteiger partial charge in [0.2, 0.25) is 5.91 Å². The zero-order chi connectivity index (χ0) is 15.4. The summed E-state index contributed by atoms with van der Waals surface area (Å²) in [6.45, 7) is 1.97. The lowest BCUT2D eigenvalue weighted by Gasteiger charge is -2.49. The molecule has 1 heterocycles. The van der Waals surface area contributed by atoms with E-state index >= 15 is 0 Å². The number of carbonyl (C=O) groups is 2. The number of rotatable bonds is 4. The lowest BCUT2D eigenvalue weighted by Crippen LogP contribution is -2.61. The number of fused-ring (bicyclic) bond motifs is 1. The van der Waals surface area contributed by atoms with E-state index in [9.17, 15) is 14.7 Å². The van der Waals surface area contributed by atoms with E-state index < -0.39 is 18.1 Å². The van der Waals surface area contributed by atoms with E-state index in [0.717, 1.165) is 25.7 Å². The number of carbonyl (C=O) groups excluding carboxylic acids is 1. The van der Waals surface area contributed by atoms with E-state index in [1.54, 1.807) is 6.92 Å². The summed E-state index contributed by atoms with van der Waals surface area (Å²) in [5.74, 6) is 1.91. The van der Waals surface area contributed by atoms with Crippen LogP contribution in [-0.2, 0) is 9.59 Å². The van der Waals surface area contributed by atoms with Gasteiger partial charge in [0, 0.05) is 6.04 Å². The first kappa shape index (κ1) is 15.8. The van der Waals surface area contributed by atoms with Gasteiger partial charge in [0.05, 0.1) is 12.6 Å². The van der Waals surface area contributed by atoms with Gasteiger partial charge >= 0.3 is 5.97 Å². The summed E-state index contributed by atoms with van der Waals surface area (Å²) >= 11 is 0. The number of hydrogen-bond acceptors (Lipinski definition) is 3. The molecule has 5 heteroatoms. The minimum absolute atomic E-state index is 0.176. The minimum atomic E-state index is -0.823. The predicted octanol–water partition coefficient (Wildman–Crippen LogP) is 1.23. The van der Waals surface area contributed by atoms with Crippen molar-refractivity contribution in [2.75, 3.05) is 6.54 Å². The maximum absolute atomic E-state index is 12.2.